The molecule has 1 aliphatic rings. The zero-order chi connectivity index (χ0) is 14.8. The van der Waals surface area contributed by atoms with Crippen molar-refractivity contribution in [3.63, 3.8) is 0 Å². The van der Waals surface area contributed by atoms with E-state index in [2.05, 4.69) is 21.2 Å². The quantitative estimate of drug-likeness (QED) is 0.916. The lowest BCUT2D eigenvalue weighted by molar-refractivity contribution is 0.173. The SMILES string of the molecule is N#Cc1c(F)cccc1NCc1cc(Br)c2c(c1)OCO2. The van der Waals surface area contributed by atoms with Gasteiger partial charge in [0.05, 0.1) is 10.2 Å². The monoisotopic (exact) mass is 348 g/mol. The van der Waals surface area contributed by atoms with E-state index in [9.17, 15) is 4.39 Å². The third-order valence-electron chi connectivity index (χ3n) is 3.10. The Hall–Kier alpha value is -2.26. The molecule has 1 aliphatic heterocycles. The van der Waals surface area contributed by atoms with Gasteiger partial charge in [-0.2, -0.15) is 5.26 Å². The highest BCUT2D eigenvalue weighted by molar-refractivity contribution is 9.10. The second-order valence-corrected chi connectivity index (χ2v) is 5.29. The van der Waals surface area contributed by atoms with Crippen molar-refractivity contribution in [1.29, 1.82) is 5.26 Å². The summed E-state index contributed by atoms with van der Waals surface area (Å²) in [5.41, 5.74) is 1.41. The molecule has 0 radical (unpaired) electrons. The van der Waals surface area contributed by atoms with E-state index in [0.29, 0.717) is 23.7 Å². The summed E-state index contributed by atoms with van der Waals surface area (Å²) in [5.74, 6) is 0.817. The van der Waals surface area contributed by atoms with Gasteiger partial charge in [0.1, 0.15) is 17.4 Å². The molecule has 21 heavy (non-hydrogen) atoms. The van der Waals surface area contributed by atoms with Crippen LogP contribution in [-0.4, -0.2) is 6.79 Å². The molecule has 0 bridgehead atoms. The molecule has 0 amide bonds. The molecule has 0 unspecified atom stereocenters. The molecule has 0 saturated carbocycles. The summed E-state index contributed by atoms with van der Waals surface area (Å²) < 4.78 is 25.0. The molecule has 4 nitrogen and oxygen atoms in total. The van der Waals surface area contributed by atoms with Crippen LogP contribution in [0.25, 0.3) is 0 Å². The molecule has 6 heteroatoms. The van der Waals surface area contributed by atoms with Gasteiger partial charge in [-0.1, -0.05) is 6.07 Å². The smallest absolute Gasteiger partial charge is 0.231 e. The first-order valence-corrected chi connectivity index (χ1v) is 6.99. The van der Waals surface area contributed by atoms with Crippen LogP contribution < -0.4 is 14.8 Å². The topological polar surface area (TPSA) is 54.3 Å². The molecule has 2 aromatic carbocycles. The van der Waals surface area contributed by atoms with Crippen molar-refractivity contribution in [2.45, 2.75) is 6.54 Å². The first kappa shape index (κ1) is 13.7. The van der Waals surface area contributed by atoms with Crippen LogP contribution in [0.1, 0.15) is 11.1 Å². The zero-order valence-corrected chi connectivity index (χ0v) is 12.4. The number of nitrogens with one attached hydrogen (secondary N) is 1. The molecule has 0 atom stereocenters. The van der Waals surface area contributed by atoms with Gasteiger partial charge in [-0.25, -0.2) is 4.39 Å². The summed E-state index contributed by atoms with van der Waals surface area (Å²) >= 11 is 3.42. The van der Waals surface area contributed by atoms with Crippen molar-refractivity contribution in [3.05, 3.63) is 51.7 Å². The van der Waals surface area contributed by atoms with Crippen LogP contribution in [0.3, 0.4) is 0 Å². The summed E-state index contributed by atoms with van der Waals surface area (Å²) in [7, 11) is 0. The number of nitrogens with zero attached hydrogens (tertiary/aromatic N) is 1. The van der Waals surface area contributed by atoms with E-state index in [-0.39, 0.29) is 12.4 Å². The lowest BCUT2D eigenvalue weighted by Crippen LogP contribution is -2.02. The van der Waals surface area contributed by atoms with E-state index in [1.807, 2.05) is 18.2 Å². The second-order valence-electron chi connectivity index (χ2n) is 4.44. The Labute approximate surface area is 129 Å². The van der Waals surface area contributed by atoms with Gasteiger partial charge in [-0.05, 0) is 45.8 Å². The van der Waals surface area contributed by atoms with Gasteiger partial charge in [0, 0.05) is 6.54 Å². The average Bonchev–Trinajstić information content (AvgIpc) is 2.94. The first-order valence-electron chi connectivity index (χ1n) is 6.19. The Morgan fingerprint density at radius 3 is 3.00 bits per heavy atom. The van der Waals surface area contributed by atoms with Gasteiger partial charge in [-0.3, -0.25) is 0 Å². The van der Waals surface area contributed by atoms with Crippen LogP contribution in [0.2, 0.25) is 0 Å². The van der Waals surface area contributed by atoms with Crippen LogP contribution >= 0.6 is 15.9 Å². The number of fused-ring (bicyclic) bond motifs is 1. The Bertz CT molecular complexity index is 743. The fourth-order valence-corrected chi connectivity index (χ4v) is 2.71. The van der Waals surface area contributed by atoms with Gasteiger partial charge < -0.3 is 14.8 Å². The molecular formula is C15H10BrFN2O2. The van der Waals surface area contributed by atoms with E-state index in [1.165, 1.54) is 6.07 Å². The van der Waals surface area contributed by atoms with E-state index in [4.69, 9.17) is 14.7 Å². The molecule has 106 valence electrons. The number of nitriles is 1. The van der Waals surface area contributed by atoms with E-state index in [1.54, 1.807) is 12.1 Å². The molecular weight excluding hydrogens is 339 g/mol. The number of ether oxygens (including phenoxy) is 2. The van der Waals surface area contributed by atoms with Crippen molar-refractivity contribution < 1.29 is 13.9 Å². The van der Waals surface area contributed by atoms with Gasteiger partial charge in [0.25, 0.3) is 0 Å². The average molecular weight is 349 g/mol. The van der Waals surface area contributed by atoms with Crippen LogP contribution in [0, 0.1) is 17.1 Å². The van der Waals surface area contributed by atoms with Crippen LogP contribution in [0.4, 0.5) is 10.1 Å². The van der Waals surface area contributed by atoms with E-state index >= 15 is 0 Å². The third-order valence-corrected chi connectivity index (χ3v) is 3.68. The molecule has 0 spiro atoms. The Kier molecular flexibility index (Phi) is 3.67. The molecule has 0 fully saturated rings. The van der Waals surface area contributed by atoms with Crippen molar-refractivity contribution in [2.75, 3.05) is 12.1 Å². The summed E-state index contributed by atoms with van der Waals surface area (Å²) in [6.07, 6.45) is 0. The van der Waals surface area contributed by atoms with Gasteiger partial charge in [0.15, 0.2) is 11.5 Å². The minimum Gasteiger partial charge on any atom is -0.454 e. The minimum atomic E-state index is -0.533. The Morgan fingerprint density at radius 1 is 1.33 bits per heavy atom. The highest BCUT2D eigenvalue weighted by Gasteiger charge is 2.18. The lowest BCUT2D eigenvalue weighted by Gasteiger charge is -2.10. The van der Waals surface area contributed by atoms with Gasteiger partial charge >= 0.3 is 0 Å². The largest absolute Gasteiger partial charge is 0.454 e. The Balaban J connectivity index is 1.82. The van der Waals surface area contributed by atoms with Crippen LogP contribution in [-0.2, 0) is 6.54 Å². The zero-order valence-electron chi connectivity index (χ0n) is 10.8. The normalized spacial score (nSPS) is 12.0. The maximum atomic E-state index is 13.5. The van der Waals surface area contributed by atoms with Crippen molar-refractivity contribution in [3.8, 4) is 17.6 Å². The summed E-state index contributed by atoms with van der Waals surface area (Å²) in [5, 5.41) is 12.1. The lowest BCUT2D eigenvalue weighted by atomic mass is 10.1. The van der Waals surface area contributed by atoms with E-state index < -0.39 is 5.82 Å². The number of benzene rings is 2. The van der Waals surface area contributed by atoms with Crippen LogP contribution in [0.5, 0.6) is 11.5 Å². The second kappa shape index (κ2) is 5.62. The predicted octanol–water partition coefficient (Wildman–Crippen LogP) is 3.80. The summed E-state index contributed by atoms with van der Waals surface area (Å²) in [6, 6.07) is 10.1. The summed E-state index contributed by atoms with van der Waals surface area (Å²) in [6.45, 7) is 0.640. The highest BCUT2D eigenvalue weighted by Crippen LogP contribution is 2.40. The number of anilines is 1. The molecule has 3 rings (SSSR count). The third kappa shape index (κ3) is 2.65. The maximum Gasteiger partial charge on any atom is 0.231 e. The Morgan fingerprint density at radius 2 is 2.19 bits per heavy atom. The van der Waals surface area contributed by atoms with Crippen molar-refractivity contribution in [2.24, 2.45) is 0 Å². The minimum absolute atomic E-state index is 0.0114. The fourth-order valence-electron chi connectivity index (χ4n) is 2.11. The number of halogens is 2. The standard InChI is InChI=1S/C15H10BrFN2O2/c16-11-4-9(5-14-15(11)21-8-20-14)7-19-13-3-1-2-12(17)10(13)6-18/h1-5,19H,7-8H2. The summed E-state index contributed by atoms with van der Waals surface area (Å²) in [4.78, 5) is 0. The van der Waals surface area contributed by atoms with Crippen LogP contribution in [0.15, 0.2) is 34.8 Å². The number of hydrogen-bond acceptors (Lipinski definition) is 4. The maximum absolute atomic E-state index is 13.5. The molecule has 1 heterocycles. The molecule has 0 aromatic heterocycles. The van der Waals surface area contributed by atoms with Crippen molar-refractivity contribution >= 4 is 21.6 Å². The highest BCUT2D eigenvalue weighted by atomic mass is 79.9. The molecule has 0 aliphatic carbocycles. The van der Waals surface area contributed by atoms with Gasteiger partial charge in [0.2, 0.25) is 6.79 Å². The number of hydrogen-bond donors (Lipinski definition) is 1. The van der Waals surface area contributed by atoms with Gasteiger partial charge in [-0.15, -0.1) is 0 Å². The molecule has 2 aromatic rings. The predicted molar refractivity (Wildman–Crippen MR) is 78.7 cm³/mol. The molecule has 0 saturated heterocycles. The van der Waals surface area contributed by atoms with E-state index in [0.717, 1.165) is 10.0 Å². The molecule has 1 N–H and O–H groups in total. The van der Waals surface area contributed by atoms with Crippen molar-refractivity contribution in [1.82, 2.24) is 0 Å². The first-order chi connectivity index (χ1) is 10.2. The fraction of sp³-hybridized carbons (Fsp3) is 0.133. The number of rotatable bonds is 3.